The highest BCUT2D eigenvalue weighted by Crippen LogP contribution is 2.13. The molecule has 2 heterocycles. The standard InChI is InChI=1S/C17H21N5O2/c1-13(11-22-9-3-8-19-22)18-10-15-4-6-16(7-5-15)23-12-17-20-14(2)24-21-17/h3-9,13,18H,10-12H2,1-2H3. The molecule has 0 radical (unpaired) electrons. The van der Waals surface area contributed by atoms with E-state index >= 15 is 0 Å². The Morgan fingerprint density at radius 3 is 2.79 bits per heavy atom. The van der Waals surface area contributed by atoms with Crippen LogP contribution in [0.25, 0.3) is 0 Å². The summed E-state index contributed by atoms with van der Waals surface area (Å²) in [4.78, 5) is 4.10. The summed E-state index contributed by atoms with van der Waals surface area (Å²) in [5, 5.41) is 11.5. The first-order chi connectivity index (χ1) is 11.7. The molecule has 0 amide bonds. The topological polar surface area (TPSA) is 78.0 Å². The molecule has 2 aromatic heterocycles. The minimum atomic E-state index is 0.301. The van der Waals surface area contributed by atoms with Crippen molar-refractivity contribution in [3.8, 4) is 5.75 Å². The molecule has 1 unspecified atom stereocenters. The molecule has 1 N–H and O–H groups in total. The number of hydrogen-bond donors (Lipinski definition) is 1. The van der Waals surface area contributed by atoms with Gasteiger partial charge in [-0.3, -0.25) is 4.68 Å². The summed E-state index contributed by atoms with van der Waals surface area (Å²) in [5.41, 5.74) is 1.20. The lowest BCUT2D eigenvalue weighted by Crippen LogP contribution is -2.30. The molecule has 0 aliphatic rings. The molecule has 126 valence electrons. The van der Waals surface area contributed by atoms with Crippen molar-refractivity contribution in [3.05, 3.63) is 60.0 Å². The van der Waals surface area contributed by atoms with Gasteiger partial charge in [0.05, 0.1) is 6.54 Å². The predicted molar refractivity (Wildman–Crippen MR) is 88.3 cm³/mol. The quantitative estimate of drug-likeness (QED) is 0.684. The Labute approximate surface area is 140 Å². The molecule has 1 aromatic carbocycles. The van der Waals surface area contributed by atoms with Crippen molar-refractivity contribution in [1.29, 1.82) is 0 Å². The Hall–Kier alpha value is -2.67. The first-order valence-corrected chi connectivity index (χ1v) is 7.91. The number of ether oxygens (including phenoxy) is 1. The van der Waals surface area contributed by atoms with E-state index in [1.54, 1.807) is 13.1 Å². The highest BCUT2D eigenvalue weighted by Gasteiger charge is 2.05. The summed E-state index contributed by atoms with van der Waals surface area (Å²) in [6.45, 7) is 5.85. The van der Waals surface area contributed by atoms with E-state index in [1.807, 2.05) is 41.2 Å². The van der Waals surface area contributed by atoms with Crippen LogP contribution in [0, 0.1) is 6.92 Å². The van der Waals surface area contributed by atoms with E-state index in [1.165, 1.54) is 5.56 Å². The van der Waals surface area contributed by atoms with Gasteiger partial charge in [0.2, 0.25) is 11.7 Å². The van der Waals surface area contributed by atoms with Gasteiger partial charge in [-0.1, -0.05) is 17.3 Å². The summed E-state index contributed by atoms with van der Waals surface area (Å²) in [7, 11) is 0. The molecule has 0 aliphatic carbocycles. The van der Waals surface area contributed by atoms with Crippen molar-refractivity contribution >= 4 is 0 Å². The Morgan fingerprint density at radius 2 is 2.12 bits per heavy atom. The van der Waals surface area contributed by atoms with Gasteiger partial charge in [0.15, 0.2) is 6.61 Å². The van der Waals surface area contributed by atoms with Gasteiger partial charge in [0.25, 0.3) is 0 Å². The van der Waals surface area contributed by atoms with Crippen LogP contribution in [0.4, 0.5) is 0 Å². The Balaban J connectivity index is 1.44. The van der Waals surface area contributed by atoms with E-state index in [-0.39, 0.29) is 0 Å². The zero-order valence-corrected chi connectivity index (χ0v) is 13.8. The first-order valence-electron chi connectivity index (χ1n) is 7.91. The number of nitrogens with zero attached hydrogens (tertiary/aromatic N) is 4. The highest BCUT2D eigenvalue weighted by atomic mass is 16.5. The molecule has 0 saturated heterocycles. The summed E-state index contributed by atoms with van der Waals surface area (Å²) < 4.78 is 12.5. The van der Waals surface area contributed by atoms with Gasteiger partial charge in [-0.15, -0.1) is 0 Å². The third kappa shape index (κ3) is 4.66. The van der Waals surface area contributed by atoms with E-state index in [0.717, 1.165) is 18.8 Å². The van der Waals surface area contributed by atoms with E-state index < -0.39 is 0 Å². The van der Waals surface area contributed by atoms with Gasteiger partial charge >= 0.3 is 0 Å². The second-order valence-electron chi connectivity index (χ2n) is 5.67. The maximum atomic E-state index is 5.64. The molecular formula is C17H21N5O2. The minimum Gasteiger partial charge on any atom is -0.485 e. The van der Waals surface area contributed by atoms with Crippen LogP contribution in [0.1, 0.15) is 24.2 Å². The van der Waals surface area contributed by atoms with Crippen molar-refractivity contribution in [2.24, 2.45) is 0 Å². The van der Waals surface area contributed by atoms with Gasteiger partial charge in [0, 0.05) is 31.9 Å². The van der Waals surface area contributed by atoms with Crippen molar-refractivity contribution in [2.75, 3.05) is 0 Å². The zero-order chi connectivity index (χ0) is 16.8. The van der Waals surface area contributed by atoms with Gasteiger partial charge in [-0.25, -0.2) is 0 Å². The fraction of sp³-hybridized carbons (Fsp3) is 0.353. The molecule has 0 bridgehead atoms. The minimum absolute atomic E-state index is 0.301. The lowest BCUT2D eigenvalue weighted by molar-refractivity contribution is 0.285. The number of hydrogen-bond acceptors (Lipinski definition) is 6. The fourth-order valence-electron chi connectivity index (χ4n) is 2.30. The van der Waals surface area contributed by atoms with Crippen LogP contribution in [0.15, 0.2) is 47.2 Å². The van der Waals surface area contributed by atoms with Crippen molar-refractivity contribution in [2.45, 2.75) is 39.6 Å². The number of aromatic nitrogens is 4. The van der Waals surface area contributed by atoms with Crippen LogP contribution < -0.4 is 10.1 Å². The average Bonchev–Trinajstić information content (AvgIpc) is 3.24. The van der Waals surface area contributed by atoms with Crippen molar-refractivity contribution < 1.29 is 9.26 Å². The lowest BCUT2D eigenvalue weighted by atomic mass is 10.2. The second kappa shape index (κ2) is 7.74. The normalized spacial score (nSPS) is 12.2. The van der Waals surface area contributed by atoms with Gasteiger partial charge in [0.1, 0.15) is 5.75 Å². The number of rotatable bonds is 8. The summed E-state index contributed by atoms with van der Waals surface area (Å²) in [6, 6.07) is 10.3. The van der Waals surface area contributed by atoms with E-state index in [0.29, 0.717) is 24.4 Å². The third-order valence-electron chi connectivity index (χ3n) is 3.54. The first kappa shape index (κ1) is 16.2. The molecule has 3 rings (SSSR count). The zero-order valence-electron chi connectivity index (χ0n) is 13.8. The highest BCUT2D eigenvalue weighted by molar-refractivity contribution is 5.27. The monoisotopic (exact) mass is 327 g/mol. The van der Waals surface area contributed by atoms with Gasteiger partial charge in [-0.2, -0.15) is 10.1 Å². The largest absolute Gasteiger partial charge is 0.485 e. The number of aryl methyl sites for hydroxylation is 1. The van der Waals surface area contributed by atoms with Crippen LogP contribution in [-0.2, 0) is 19.7 Å². The van der Waals surface area contributed by atoms with E-state index in [4.69, 9.17) is 9.26 Å². The maximum Gasteiger partial charge on any atom is 0.223 e. The molecule has 1 atom stereocenters. The average molecular weight is 327 g/mol. The molecule has 7 heteroatoms. The molecule has 0 spiro atoms. The molecule has 3 aromatic rings. The molecule has 24 heavy (non-hydrogen) atoms. The van der Waals surface area contributed by atoms with Crippen molar-refractivity contribution in [3.63, 3.8) is 0 Å². The molecular weight excluding hydrogens is 306 g/mol. The SMILES string of the molecule is Cc1nc(COc2ccc(CNC(C)Cn3cccn3)cc2)no1. The Morgan fingerprint density at radius 1 is 1.29 bits per heavy atom. The predicted octanol–water partition coefficient (Wildman–Crippen LogP) is 2.33. The third-order valence-corrected chi connectivity index (χ3v) is 3.54. The molecule has 7 nitrogen and oxygen atoms in total. The molecule has 0 fully saturated rings. The summed E-state index contributed by atoms with van der Waals surface area (Å²) in [5.74, 6) is 1.87. The van der Waals surface area contributed by atoms with Crippen molar-refractivity contribution in [1.82, 2.24) is 25.2 Å². The van der Waals surface area contributed by atoms with Crippen LogP contribution in [0.3, 0.4) is 0 Å². The number of nitrogens with one attached hydrogen (secondary N) is 1. The van der Waals surface area contributed by atoms with Gasteiger partial charge < -0.3 is 14.6 Å². The van der Waals surface area contributed by atoms with Crippen LogP contribution in [0.5, 0.6) is 5.75 Å². The van der Waals surface area contributed by atoms with Crippen LogP contribution in [0.2, 0.25) is 0 Å². The molecule has 0 saturated carbocycles. The Kier molecular flexibility index (Phi) is 5.22. The van der Waals surface area contributed by atoms with E-state index in [9.17, 15) is 0 Å². The van der Waals surface area contributed by atoms with Crippen LogP contribution >= 0.6 is 0 Å². The number of benzene rings is 1. The fourth-order valence-corrected chi connectivity index (χ4v) is 2.30. The summed E-state index contributed by atoms with van der Waals surface area (Å²) in [6.07, 6.45) is 3.76. The summed E-state index contributed by atoms with van der Waals surface area (Å²) >= 11 is 0. The van der Waals surface area contributed by atoms with Gasteiger partial charge in [-0.05, 0) is 30.7 Å². The lowest BCUT2D eigenvalue weighted by Gasteiger charge is -2.14. The Bertz CT molecular complexity index is 737. The molecule has 0 aliphatic heterocycles. The smallest absolute Gasteiger partial charge is 0.223 e. The van der Waals surface area contributed by atoms with Crippen LogP contribution in [-0.4, -0.2) is 26.0 Å². The second-order valence-corrected chi connectivity index (χ2v) is 5.67. The maximum absolute atomic E-state index is 5.64. The van der Waals surface area contributed by atoms with E-state index in [2.05, 4.69) is 27.5 Å².